The van der Waals surface area contributed by atoms with Gasteiger partial charge in [0.2, 0.25) is 0 Å². The highest BCUT2D eigenvalue weighted by Crippen LogP contribution is 2.29. The fraction of sp³-hybridized carbons (Fsp3) is 0.500. The van der Waals surface area contributed by atoms with Crippen molar-refractivity contribution in [1.29, 1.82) is 0 Å². The van der Waals surface area contributed by atoms with E-state index in [9.17, 15) is 0 Å². The van der Waals surface area contributed by atoms with Crippen LogP contribution in [-0.2, 0) is 6.54 Å². The van der Waals surface area contributed by atoms with E-state index >= 15 is 0 Å². The van der Waals surface area contributed by atoms with Gasteiger partial charge in [-0.3, -0.25) is 4.90 Å². The van der Waals surface area contributed by atoms with Crippen molar-refractivity contribution in [3.63, 3.8) is 0 Å². The van der Waals surface area contributed by atoms with Crippen molar-refractivity contribution in [1.82, 2.24) is 9.88 Å². The largest absolute Gasteiger partial charge is 0.292 e. The molecular formula is C18H24N2S. The van der Waals surface area contributed by atoms with Gasteiger partial charge in [-0.1, -0.05) is 30.7 Å². The molecule has 0 amide bonds. The summed E-state index contributed by atoms with van der Waals surface area (Å²) in [6, 6.07) is 9.87. The molecule has 1 aliphatic rings. The van der Waals surface area contributed by atoms with Crippen LogP contribution in [0.4, 0.5) is 0 Å². The van der Waals surface area contributed by atoms with Gasteiger partial charge in [0.1, 0.15) is 5.01 Å². The summed E-state index contributed by atoms with van der Waals surface area (Å²) in [6.07, 6.45) is 4.00. The number of likely N-dealkylation sites (tertiary alicyclic amines) is 1. The minimum atomic E-state index is 0.678. The van der Waals surface area contributed by atoms with E-state index in [4.69, 9.17) is 4.98 Å². The molecule has 2 aromatic rings. The molecule has 0 saturated carbocycles. The van der Waals surface area contributed by atoms with E-state index in [1.165, 1.54) is 36.1 Å². The molecule has 2 nitrogen and oxygen atoms in total. The Bertz CT molecular complexity index is 595. The zero-order chi connectivity index (χ0) is 14.8. The van der Waals surface area contributed by atoms with Crippen LogP contribution in [0.25, 0.3) is 10.6 Å². The quantitative estimate of drug-likeness (QED) is 0.803. The van der Waals surface area contributed by atoms with Crippen molar-refractivity contribution in [3.8, 4) is 10.6 Å². The first kappa shape index (κ1) is 14.7. The molecule has 21 heavy (non-hydrogen) atoms. The molecule has 0 bridgehead atoms. The van der Waals surface area contributed by atoms with Crippen LogP contribution in [0, 0.1) is 6.92 Å². The van der Waals surface area contributed by atoms with Crippen molar-refractivity contribution in [3.05, 3.63) is 40.9 Å². The summed E-state index contributed by atoms with van der Waals surface area (Å²) in [5.74, 6) is 0. The molecular weight excluding hydrogens is 276 g/mol. The lowest BCUT2D eigenvalue weighted by Crippen LogP contribution is -2.43. The monoisotopic (exact) mass is 300 g/mol. The van der Waals surface area contributed by atoms with Gasteiger partial charge in [0, 0.05) is 29.6 Å². The van der Waals surface area contributed by atoms with Gasteiger partial charge < -0.3 is 0 Å². The molecule has 0 N–H and O–H groups in total. The minimum absolute atomic E-state index is 0.678. The number of aryl methyl sites for hydroxylation is 1. The van der Waals surface area contributed by atoms with Crippen LogP contribution >= 0.6 is 11.3 Å². The third-order valence-electron chi connectivity index (χ3n) is 4.65. The van der Waals surface area contributed by atoms with Crippen LogP contribution in [0.5, 0.6) is 0 Å². The first-order valence-electron chi connectivity index (χ1n) is 7.91. The van der Waals surface area contributed by atoms with Crippen LogP contribution in [0.1, 0.15) is 44.4 Å². The maximum Gasteiger partial charge on any atom is 0.123 e. The Kier molecular flexibility index (Phi) is 4.41. The number of hydrogen-bond acceptors (Lipinski definition) is 3. The first-order valence-corrected chi connectivity index (χ1v) is 8.79. The first-order chi connectivity index (χ1) is 10.1. The molecule has 2 heterocycles. The third-order valence-corrected chi connectivity index (χ3v) is 5.57. The fourth-order valence-electron chi connectivity index (χ4n) is 3.29. The Hall–Kier alpha value is -1.19. The van der Waals surface area contributed by atoms with Crippen molar-refractivity contribution in [2.75, 3.05) is 0 Å². The van der Waals surface area contributed by atoms with Crippen LogP contribution in [-0.4, -0.2) is 22.0 Å². The molecule has 3 rings (SSSR count). The topological polar surface area (TPSA) is 16.1 Å². The molecule has 1 aromatic heterocycles. The van der Waals surface area contributed by atoms with E-state index in [0.717, 1.165) is 11.6 Å². The molecule has 3 heteroatoms. The summed E-state index contributed by atoms with van der Waals surface area (Å²) in [6.45, 7) is 7.85. The highest BCUT2D eigenvalue weighted by atomic mass is 32.1. The van der Waals surface area contributed by atoms with Gasteiger partial charge in [-0.05, 0) is 39.2 Å². The predicted octanol–water partition coefficient (Wildman–Crippen LogP) is 4.88. The lowest BCUT2D eigenvalue weighted by Gasteiger charge is -2.38. The molecule has 0 spiro atoms. The van der Waals surface area contributed by atoms with Crippen molar-refractivity contribution in [2.45, 2.75) is 58.7 Å². The van der Waals surface area contributed by atoms with Crippen LogP contribution in [0.3, 0.4) is 0 Å². The predicted molar refractivity (Wildman–Crippen MR) is 90.6 cm³/mol. The molecule has 1 aromatic carbocycles. The number of piperidine rings is 1. The maximum atomic E-state index is 4.88. The van der Waals surface area contributed by atoms with E-state index in [2.05, 4.69) is 55.3 Å². The van der Waals surface area contributed by atoms with Gasteiger partial charge in [-0.15, -0.1) is 11.3 Å². The van der Waals surface area contributed by atoms with Crippen LogP contribution in [0.2, 0.25) is 0 Å². The molecule has 0 aliphatic carbocycles. The summed E-state index contributed by atoms with van der Waals surface area (Å²) in [5, 5.41) is 3.39. The van der Waals surface area contributed by atoms with Crippen LogP contribution < -0.4 is 0 Å². The molecule has 1 fully saturated rings. The Balaban J connectivity index is 1.78. The second-order valence-electron chi connectivity index (χ2n) is 6.26. The van der Waals surface area contributed by atoms with E-state index < -0.39 is 0 Å². The molecule has 1 aliphatic heterocycles. The van der Waals surface area contributed by atoms with Gasteiger partial charge in [-0.25, -0.2) is 4.98 Å². The zero-order valence-electron chi connectivity index (χ0n) is 13.2. The van der Waals surface area contributed by atoms with E-state index in [-0.39, 0.29) is 0 Å². The molecule has 1 saturated heterocycles. The number of aromatic nitrogens is 1. The fourth-order valence-corrected chi connectivity index (χ4v) is 4.19. The SMILES string of the molecule is Cc1ccccc1-c1nc(CN2C(C)CCCC2C)cs1. The summed E-state index contributed by atoms with van der Waals surface area (Å²) < 4.78 is 0. The van der Waals surface area contributed by atoms with Gasteiger partial charge in [0.25, 0.3) is 0 Å². The number of hydrogen-bond donors (Lipinski definition) is 0. The Labute approximate surface area is 131 Å². The number of benzene rings is 1. The molecule has 2 unspecified atom stereocenters. The molecule has 0 radical (unpaired) electrons. The van der Waals surface area contributed by atoms with Crippen molar-refractivity contribution in [2.24, 2.45) is 0 Å². The smallest absolute Gasteiger partial charge is 0.123 e. The van der Waals surface area contributed by atoms with E-state index in [0.29, 0.717) is 12.1 Å². The van der Waals surface area contributed by atoms with Crippen molar-refractivity contribution >= 4 is 11.3 Å². The number of nitrogens with zero attached hydrogens (tertiary/aromatic N) is 2. The summed E-state index contributed by atoms with van der Waals surface area (Å²) in [5.41, 5.74) is 3.80. The third kappa shape index (κ3) is 3.19. The second-order valence-corrected chi connectivity index (χ2v) is 7.12. The van der Waals surface area contributed by atoms with Crippen molar-refractivity contribution < 1.29 is 0 Å². The molecule has 2 atom stereocenters. The van der Waals surface area contributed by atoms with Crippen LogP contribution in [0.15, 0.2) is 29.6 Å². The average molecular weight is 300 g/mol. The standard InChI is InChI=1S/C18H24N2S/c1-13-7-4-5-10-17(13)18-19-16(12-21-18)11-20-14(2)8-6-9-15(20)3/h4-5,7,10,12,14-15H,6,8-9,11H2,1-3H3. The lowest BCUT2D eigenvalue weighted by molar-refractivity contribution is 0.0941. The summed E-state index contributed by atoms with van der Waals surface area (Å²) >= 11 is 1.77. The van der Waals surface area contributed by atoms with Gasteiger partial charge in [0.05, 0.1) is 5.69 Å². The Morgan fingerprint density at radius 2 is 1.90 bits per heavy atom. The van der Waals surface area contributed by atoms with E-state index in [1.54, 1.807) is 11.3 Å². The van der Waals surface area contributed by atoms with Gasteiger partial charge >= 0.3 is 0 Å². The lowest BCUT2D eigenvalue weighted by atomic mass is 9.97. The summed E-state index contributed by atoms with van der Waals surface area (Å²) in [4.78, 5) is 7.49. The van der Waals surface area contributed by atoms with Gasteiger partial charge in [0.15, 0.2) is 0 Å². The molecule has 112 valence electrons. The Morgan fingerprint density at radius 3 is 2.62 bits per heavy atom. The average Bonchev–Trinajstić information content (AvgIpc) is 2.92. The highest BCUT2D eigenvalue weighted by Gasteiger charge is 2.25. The minimum Gasteiger partial charge on any atom is -0.292 e. The summed E-state index contributed by atoms with van der Waals surface area (Å²) in [7, 11) is 0. The van der Waals surface area contributed by atoms with E-state index in [1.807, 2.05) is 0 Å². The number of rotatable bonds is 3. The number of thiazole rings is 1. The zero-order valence-corrected chi connectivity index (χ0v) is 14.0. The van der Waals surface area contributed by atoms with Gasteiger partial charge in [-0.2, -0.15) is 0 Å². The second kappa shape index (κ2) is 6.29. The highest BCUT2D eigenvalue weighted by molar-refractivity contribution is 7.13. The Morgan fingerprint density at radius 1 is 1.19 bits per heavy atom. The normalized spacial score (nSPS) is 23.4. The maximum absolute atomic E-state index is 4.88.